The minimum Gasteiger partial charge on any atom is -0.497 e. The molecule has 0 bridgehead atoms. The van der Waals surface area contributed by atoms with Crippen molar-refractivity contribution < 1.29 is 9.47 Å². The highest BCUT2D eigenvalue weighted by Crippen LogP contribution is 2.25. The Hall–Kier alpha value is -1.58. The summed E-state index contributed by atoms with van der Waals surface area (Å²) in [5, 5.41) is 3.32. The van der Waals surface area contributed by atoms with E-state index < -0.39 is 0 Å². The third-order valence-corrected chi connectivity index (χ3v) is 2.21. The Labute approximate surface area is 89.7 Å². The molecule has 0 aromatic heterocycles. The third kappa shape index (κ3) is 3.23. The van der Waals surface area contributed by atoms with Gasteiger partial charge in [0.25, 0.3) is 0 Å². The van der Waals surface area contributed by atoms with E-state index in [-0.39, 0.29) is 0 Å². The highest BCUT2D eigenvalue weighted by Gasteiger charge is 2.04. The standard InChI is InChI=1S/C11H16N2O2/c1-14-10-6-5-9(4-3-7-13-12)11(8-10)15-2/h5-6,8,12H,3-4,7H2,1-2H3. The molecule has 0 aliphatic heterocycles. The average molecular weight is 208 g/mol. The normalized spacial score (nSPS) is 9.73. The van der Waals surface area contributed by atoms with Crippen LogP contribution in [-0.2, 0) is 6.42 Å². The number of hydrogen-bond acceptors (Lipinski definition) is 4. The molecule has 0 spiro atoms. The number of nitrogens with one attached hydrogen (secondary N) is 1. The Morgan fingerprint density at radius 2 is 2.07 bits per heavy atom. The fourth-order valence-electron chi connectivity index (χ4n) is 1.41. The molecule has 1 aromatic carbocycles. The lowest BCUT2D eigenvalue weighted by Gasteiger charge is -2.09. The van der Waals surface area contributed by atoms with Crippen LogP contribution in [0, 0.1) is 5.53 Å². The van der Waals surface area contributed by atoms with Gasteiger partial charge in [-0.1, -0.05) is 6.07 Å². The second-order valence-electron chi connectivity index (χ2n) is 3.16. The van der Waals surface area contributed by atoms with Crippen LogP contribution < -0.4 is 9.47 Å². The van der Waals surface area contributed by atoms with Crippen molar-refractivity contribution >= 4 is 0 Å². The zero-order valence-electron chi connectivity index (χ0n) is 9.12. The van der Waals surface area contributed by atoms with Crippen molar-refractivity contribution in [1.82, 2.24) is 0 Å². The molecule has 0 radical (unpaired) electrons. The number of ether oxygens (including phenoxy) is 2. The SMILES string of the molecule is COc1ccc(CCCN=N)c(OC)c1. The summed E-state index contributed by atoms with van der Waals surface area (Å²) in [6.45, 7) is 0.565. The minimum absolute atomic E-state index is 0.565. The van der Waals surface area contributed by atoms with Gasteiger partial charge in [-0.05, 0) is 24.5 Å². The van der Waals surface area contributed by atoms with Crippen LogP contribution in [0.3, 0.4) is 0 Å². The second kappa shape index (κ2) is 6.01. The molecule has 1 N–H and O–H groups in total. The maximum atomic E-state index is 6.70. The van der Waals surface area contributed by atoms with Crippen molar-refractivity contribution in [2.75, 3.05) is 20.8 Å². The highest BCUT2D eigenvalue weighted by atomic mass is 16.5. The molecule has 0 unspecified atom stereocenters. The first-order chi connectivity index (χ1) is 7.31. The summed E-state index contributed by atoms with van der Waals surface area (Å²) in [5.74, 6) is 1.63. The van der Waals surface area contributed by atoms with Crippen LogP contribution in [0.2, 0.25) is 0 Å². The molecule has 4 nitrogen and oxygen atoms in total. The Kier molecular flexibility index (Phi) is 4.60. The quantitative estimate of drug-likeness (QED) is 0.577. The smallest absolute Gasteiger partial charge is 0.125 e. The lowest BCUT2D eigenvalue weighted by Crippen LogP contribution is -1.95. The van der Waals surface area contributed by atoms with Gasteiger partial charge in [0.05, 0.1) is 20.8 Å². The Morgan fingerprint density at radius 1 is 1.27 bits per heavy atom. The van der Waals surface area contributed by atoms with E-state index in [1.54, 1.807) is 14.2 Å². The third-order valence-electron chi connectivity index (χ3n) is 2.21. The second-order valence-corrected chi connectivity index (χ2v) is 3.16. The van der Waals surface area contributed by atoms with E-state index in [4.69, 9.17) is 15.0 Å². The number of benzene rings is 1. The predicted octanol–water partition coefficient (Wildman–Crippen LogP) is 2.67. The first kappa shape index (κ1) is 11.5. The van der Waals surface area contributed by atoms with Crippen LogP contribution >= 0.6 is 0 Å². The van der Waals surface area contributed by atoms with E-state index in [1.165, 1.54) is 0 Å². The van der Waals surface area contributed by atoms with Crippen LogP contribution in [-0.4, -0.2) is 20.8 Å². The van der Waals surface area contributed by atoms with Gasteiger partial charge in [0.2, 0.25) is 0 Å². The van der Waals surface area contributed by atoms with Crippen molar-refractivity contribution in [1.29, 1.82) is 5.53 Å². The van der Waals surface area contributed by atoms with E-state index >= 15 is 0 Å². The summed E-state index contributed by atoms with van der Waals surface area (Å²) in [5.41, 5.74) is 7.83. The zero-order valence-corrected chi connectivity index (χ0v) is 9.12. The van der Waals surface area contributed by atoms with Gasteiger partial charge in [0, 0.05) is 6.07 Å². The Morgan fingerprint density at radius 3 is 2.67 bits per heavy atom. The van der Waals surface area contributed by atoms with Gasteiger partial charge in [-0.2, -0.15) is 5.11 Å². The van der Waals surface area contributed by atoms with Crippen molar-refractivity contribution in [2.45, 2.75) is 12.8 Å². The summed E-state index contributed by atoms with van der Waals surface area (Å²) in [4.78, 5) is 0. The fourth-order valence-corrected chi connectivity index (χ4v) is 1.41. The number of hydrogen-bond donors (Lipinski definition) is 1. The van der Waals surface area contributed by atoms with Gasteiger partial charge >= 0.3 is 0 Å². The molecule has 1 aromatic rings. The first-order valence-electron chi connectivity index (χ1n) is 4.86. The molecule has 0 aliphatic carbocycles. The van der Waals surface area contributed by atoms with Gasteiger partial charge in [0.15, 0.2) is 0 Å². The summed E-state index contributed by atoms with van der Waals surface area (Å²) in [6.07, 6.45) is 1.74. The van der Waals surface area contributed by atoms with Crippen molar-refractivity contribution in [3.05, 3.63) is 23.8 Å². The van der Waals surface area contributed by atoms with Crippen molar-refractivity contribution in [3.63, 3.8) is 0 Å². The van der Waals surface area contributed by atoms with E-state index in [0.29, 0.717) is 6.54 Å². The first-order valence-corrected chi connectivity index (χ1v) is 4.86. The molecule has 0 heterocycles. The molecule has 15 heavy (non-hydrogen) atoms. The van der Waals surface area contributed by atoms with E-state index in [2.05, 4.69) is 5.11 Å². The van der Waals surface area contributed by atoms with Crippen molar-refractivity contribution in [2.24, 2.45) is 5.11 Å². The summed E-state index contributed by atoms with van der Waals surface area (Å²) in [7, 11) is 3.28. The minimum atomic E-state index is 0.565. The largest absolute Gasteiger partial charge is 0.497 e. The number of rotatable bonds is 6. The average Bonchev–Trinajstić information content (AvgIpc) is 2.29. The van der Waals surface area contributed by atoms with Crippen LogP contribution in [0.25, 0.3) is 0 Å². The number of methoxy groups -OCH3 is 2. The number of nitrogens with zero attached hydrogens (tertiary/aromatic N) is 1. The molecule has 0 fully saturated rings. The molecule has 0 atom stereocenters. The molecule has 0 saturated heterocycles. The molecule has 82 valence electrons. The topological polar surface area (TPSA) is 54.7 Å². The highest BCUT2D eigenvalue weighted by molar-refractivity contribution is 5.40. The van der Waals surface area contributed by atoms with Crippen LogP contribution in [0.4, 0.5) is 0 Å². The van der Waals surface area contributed by atoms with E-state index in [1.807, 2.05) is 18.2 Å². The molecule has 0 amide bonds. The van der Waals surface area contributed by atoms with Crippen LogP contribution in [0.5, 0.6) is 11.5 Å². The van der Waals surface area contributed by atoms with Gasteiger partial charge in [0.1, 0.15) is 11.5 Å². The van der Waals surface area contributed by atoms with Gasteiger partial charge < -0.3 is 9.47 Å². The summed E-state index contributed by atoms with van der Waals surface area (Å²) in [6, 6.07) is 5.77. The maximum Gasteiger partial charge on any atom is 0.125 e. The zero-order chi connectivity index (χ0) is 11.1. The molecule has 0 saturated carbocycles. The summed E-state index contributed by atoms with van der Waals surface area (Å²) < 4.78 is 10.4. The van der Waals surface area contributed by atoms with Gasteiger partial charge in [-0.3, -0.25) is 0 Å². The monoisotopic (exact) mass is 208 g/mol. The lowest BCUT2D eigenvalue weighted by molar-refractivity contribution is 0.390. The van der Waals surface area contributed by atoms with Crippen LogP contribution in [0.15, 0.2) is 23.3 Å². The van der Waals surface area contributed by atoms with Gasteiger partial charge in [-0.25, -0.2) is 5.53 Å². The molecule has 1 rings (SSSR count). The molecule has 0 aliphatic rings. The van der Waals surface area contributed by atoms with Crippen LogP contribution in [0.1, 0.15) is 12.0 Å². The van der Waals surface area contributed by atoms with E-state index in [9.17, 15) is 0 Å². The van der Waals surface area contributed by atoms with E-state index in [0.717, 1.165) is 29.9 Å². The number of aryl methyl sites for hydroxylation is 1. The van der Waals surface area contributed by atoms with Gasteiger partial charge in [-0.15, -0.1) is 0 Å². The summed E-state index contributed by atoms with van der Waals surface area (Å²) >= 11 is 0. The maximum absolute atomic E-state index is 6.70. The molecular formula is C11H16N2O2. The fraction of sp³-hybridized carbons (Fsp3) is 0.455. The lowest BCUT2D eigenvalue weighted by atomic mass is 10.1. The molecular weight excluding hydrogens is 192 g/mol. The predicted molar refractivity (Wildman–Crippen MR) is 57.9 cm³/mol. The molecule has 4 heteroatoms. The Bertz CT molecular complexity index is 326. The van der Waals surface area contributed by atoms with Crippen molar-refractivity contribution in [3.8, 4) is 11.5 Å². The Balaban J connectivity index is 2.73.